The summed E-state index contributed by atoms with van der Waals surface area (Å²) in [5.41, 5.74) is 0.935. The third kappa shape index (κ3) is 1.48. The van der Waals surface area contributed by atoms with Crippen LogP contribution in [0.4, 0.5) is 0 Å². The van der Waals surface area contributed by atoms with Crippen LogP contribution in [0.3, 0.4) is 0 Å². The molecule has 0 atom stereocenters. The summed E-state index contributed by atoms with van der Waals surface area (Å²) in [6, 6.07) is 11.5. The Balaban J connectivity index is 2.53. The largest absolute Gasteiger partial charge is 0.496 e. The minimum Gasteiger partial charge on any atom is -0.496 e. The number of aryl methyl sites for hydroxylation is 1. The number of benzene rings is 2. The first-order valence-corrected chi connectivity index (χ1v) is 5.71. The molecule has 0 spiro atoms. The zero-order chi connectivity index (χ0) is 12.7. The Bertz CT molecular complexity index is 800. The second-order valence-corrected chi connectivity index (χ2v) is 4.26. The molecule has 0 aliphatic heterocycles. The van der Waals surface area contributed by atoms with Gasteiger partial charge in [0, 0.05) is 21.7 Å². The fourth-order valence-electron chi connectivity index (χ4n) is 2.19. The van der Waals surface area contributed by atoms with Gasteiger partial charge in [-0.3, -0.25) is 0 Å². The SMILES string of the molecule is COc1cccc2c1ccc1cc(C)c(=O)oc12. The van der Waals surface area contributed by atoms with E-state index in [1.54, 1.807) is 14.0 Å². The average Bonchev–Trinajstić information content (AvgIpc) is 2.39. The van der Waals surface area contributed by atoms with E-state index < -0.39 is 0 Å². The summed E-state index contributed by atoms with van der Waals surface area (Å²) in [6.45, 7) is 1.75. The van der Waals surface area contributed by atoms with E-state index >= 15 is 0 Å². The maximum Gasteiger partial charge on any atom is 0.339 e. The van der Waals surface area contributed by atoms with Gasteiger partial charge in [0.25, 0.3) is 0 Å². The molecule has 0 bridgehead atoms. The number of ether oxygens (including phenoxy) is 1. The molecule has 3 aromatic rings. The molecule has 3 nitrogen and oxygen atoms in total. The van der Waals surface area contributed by atoms with Crippen LogP contribution in [-0.2, 0) is 0 Å². The zero-order valence-electron chi connectivity index (χ0n) is 10.2. The molecule has 1 heterocycles. The van der Waals surface area contributed by atoms with Gasteiger partial charge in [0.2, 0.25) is 0 Å². The molecule has 0 N–H and O–H groups in total. The second-order valence-electron chi connectivity index (χ2n) is 4.26. The van der Waals surface area contributed by atoms with Gasteiger partial charge in [-0.1, -0.05) is 18.2 Å². The fourth-order valence-corrected chi connectivity index (χ4v) is 2.19. The van der Waals surface area contributed by atoms with Crippen molar-refractivity contribution >= 4 is 21.7 Å². The number of rotatable bonds is 1. The van der Waals surface area contributed by atoms with Crippen molar-refractivity contribution in [2.24, 2.45) is 0 Å². The highest BCUT2D eigenvalue weighted by Crippen LogP contribution is 2.30. The Labute approximate surface area is 104 Å². The number of methoxy groups -OCH3 is 1. The van der Waals surface area contributed by atoms with Gasteiger partial charge in [-0.15, -0.1) is 0 Å². The van der Waals surface area contributed by atoms with Crippen molar-refractivity contribution in [3.8, 4) is 5.75 Å². The van der Waals surface area contributed by atoms with Gasteiger partial charge in [-0.2, -0.15) is 0 Å². The van der Waals surface area contributed by atoms with Crippen LogP contribution >= 0.6 is 0 Å². The minimum absolute atomic E-state index is 0.294. The van der Waals surface area contributed by atoms with Gasteiger partial charge < -0.3 is 9.15 Å². The summed E-state index contributed by atoms with van der Waals surface area (Å²) in [6.07, 6.45) is 0. The highest BCUT2D eigenvalue weighted by molar-refractivity contribution is 6.06. The monoisotopic (exact) mass is 240 g/mol. The second kappa shape index (κ2) is 3.88. The van der Waals surface area contributed by atoms with Gasteiger partial charge in [0.05, 0.1) is 7.11 Å². The topological polar surface area (TPSA) is 39.4 Å². The molecule has 0 aliphatic rings. The summed E-state index contributed by atoms with van der Waals surface area (Å²) in [4.78, 5) is 11.6. The lowest BCUT2D eigenvalue weighted by Gasteiger charge is -2.07. The normalized spacial score (nSPS) is 11.0. The Kier molecular flexibility index (Phi) is 2.33. The number of hydrogen-bond acceptors (Lipinski definition) is 3. The van der Waals surface area contributed by atoms with E-state index in [1.807, 2.05) is 36.4 Å². The summed E-state index contributed by atoms with van der Waals surface area (Å²) < 4.78 is 10.7. The maximum atomic E-state index is 11.6. The van der Waals surface area contributed by atoms with Crippen LogP contribution in [-0.4, -0.2) is 7.11 Å². The first kappa shape index (κ1) is 10.8. The van der Waals surface area contributed by atoms with Crippen LogP contribution in [0.25, 0.3) is 21.7 Å². The zero-order valence-corrected chi connectivity index (χ0v) is 10.2. The van der Waals surface area contributed by atoms with E-state index in [4.69, 9.17) is 9.15 Å². The molecule has 0 radical (unpaired) electrons. The van der Waals surface area contributed by atoms with Crippen molar-refractivity contribution in [2.45, 2.75) is 6.92 Å². The van der Waals surface area contributed by atoms with Crippen molar-refractivity contribution < 1.29 is 9.15 Å². The van der Waals surface area contributed by atoms with E-state index in [0.717, 1.165) is 21.9 Å². The number of fused-ring (bicyclic) bond motifs is 3. The van der Waals surface area contributed by atoms with Gasteiger partial charge in [0.1, 0.15) is 11.3 Å². The predicted molar refractivity (Wildman–Crippen MR) is 71.3 cm³/mol. The van der Waals surface area contributed by atoms with Crippen molar-refractivity contribution in [3.63, 3.8) is 0 Å². The molecule has 3 heteroatoms. The van der Waals surface area contributed by atoms with E-state index in [2.05, 4.69) is 0 Å². The standard InChI is InChI=1S/C15H12O3/c1-9-8-10-6-7-11-12(14(10)18-15(9)16)4-3-5-13(11)17-2/h3-8H,1-2H3. The Morgan fingerprint density at radius 2 is 1.94 bits per heavy atom. The molecule has 1 aromatic heterocycles. The molecule has 0 fully saturated rings. The molecule has 0 unspecified atom stereocenters. The maximum absolute atomic E-state index is 11.6. The summed E-state index contributed by atoms with van der Waals surface area (Å²) in [5, 5.41) is 2.76. The Morgan fingerprint density at radius 1 is 1.11 bits per heavy atom. The van der Waals surface area contributed by atoms with Crippen LogP contribution in [0.15, 0.2) is 45.6 Å². The Morgan fingerprint density at radius 3 is 2.72 bits per heavy atom. The predicted octanol–water partition coefficient (Wildman–Crippen LogP) is 3.26. The smallest absolute Gasteiger partial charge is 0.339 e. The van der Waals surface area contributed by atoms with Gasteiger partial charge >= 0.3 is 5.63 Å². The molecule has 0 saturated carbocycles. The molecule has 0 amide bonds. The van der Waals surface area contributed by atoms with Crippen molar-refractivity contribution in [2.75, 3.05) is 7.11 Å². The third-order valence-electron chi connectivity index (χ3n) is 3.11. The minimum atomic E-state index is -0.294. The molecule has 18 heavy (non-hydrogen) atoms. The van der Waals surface area contributed by atoms with Gasteiger partial charge in [-0.25, -0.2) is 4.79 Å². The molecule has 0 aliphatic carbocycles. The molecule has 0 saturated heterocycles. The summed E-state index contributed by atoms with van der Waals surface area (Å²) in [7, 11) is 1.63. The average molecular weight is 240 g/mol. The van der Waals surface area contributed by atoms with E-state index in [9.17, 15) is 4.79 Å². The van der Waals surface area contributed by atoms with Crippen LogP contribution < -0.4 is 10.4 Å². The summed E-state index contributed by atoms with van der Waals surface area (Å²) in [5.74, 6) is 0.776. The fraction of sp³-hybridized carbons (Fsp3) is 0.133. The van der Waals surface area contributed by atoms with Crippen LogP contribution in [0.1, 0.15) is 5.56 Å². The molecular weight excluding hydrogens is 228 g/mol. The van der Waals surface area contributed by atoms with E-state index in [-0.39, 0.29) is 5.63 Å². The highest BCUT2D eigenvalue weighted by atomic mass is 16.5. The first-order chi connectivity index (χ1) is 8.70. The third-order valence-corrected chi connectivity index (χ3v) is 3.11. The number of hydrogen-bond donors (Lipinski definition) is 0. The van der Waals surface area contributed by atoms with Crippen molar-refractivity contribution in [1.29, 1.82) is 0 Å². The molecular formula is C15H12O3. The van der Waals surface area contributed by atoms with Crippen LogP contribution in [0.2, 0.25) is 0 Å². The lowest BCUT2D eigenvalue weighted by molar-refractivity contribution is 0.420. The molecule has 3 rings (SSSR count). The lowest BCUT2D eigenvalue weighted by atomic mass is 10.1. The van der Waals surface area contributed by atoms with Gasteiger partial charge in [-0.05, 0) is 25.1 Å². The van der Waals surface area contributed by atoms with E-state index in [1.165, 1.54) is 0 Å². The first-order valence-electron chi connectivity index (χ1n) is 5.71. The van der Waals surface area contributed by atoms with Crippen LogP contribution in [0, 0.1) is 6.92 Å². The molecule has 2 aromatic carbocycles. The van der Waals surface area contributed by atoms with E-state index in [0.29, 0.717) is 11.1 Å². The van der Waals surface area contributed by atoms with Crippen LogP contribution in [0.5, 0.6) is 5.75 Å². The van der Waals surface area contributed by atoms with Crippen molar-refractivity contribution in [1.82, 2.24) is 0 Å². The highest BCUT2D eigenvalue weighted by Gasteiger charge is 2.08. The molecule has 90 valence electrons. The Hall–Kier alpha value is -2.29. The quantitative estimate of drug-likeness (QED) is 0.484. The van der Waals surface area contributed by atoms with Crippen molar-refractivity contribution in [3.05, 3.63) is 52.4 Å². The lowest BCUT2D eigenvalue weighted by Crippen LogP contribution is -2.02. The summed E-state index contributed by atoms with van der Waals surface area (Å²) >= 11 is 0. The van der Waals surface area contributed by atoms with Gasteiger partial charge in [0.15, 0.2) is 0 Å².